The van der Waals surface area contributed by atoms with Crippen LogP contribution in [0.5, 0.6) is 0 Å². The zero-order valence-electron chi connectivity index (χ0n) is 10.9. The number of hydrogen-bond acceptors (Lipinski definition) is 2. The highest BCUT2D eigenvalue weighted by Gasteiger charge is 2.12. The van der Waals surface area contributed by atoms with Crippen molar-refractivity contribution in [3.8, 4) is 0 Å². The summed E-state index contributed by atoms with van der Waals surface area (Å²) >= 11 is 6.01. The molecule has 0 saturated carbocycles. The molecule has 0 radical (unpaired) electrons. The van der Waals surface area contributed by atoms with Crippen LogP contribution in [0.4, 0.5) is 0 Å². The standard InChI is InChI=1S/C15H11ClN4O/c16-10-3-1-2-9(6-10)8-20-13-11-4-5-17-14(11)18-7-12(13)19-15(20)21/h1-7H,8H2,(H,17,18)(H,19,21). The van der Waals surface area contributed by atoms with Gasteiger partial charge >= 0.3 is 5.69 Å². The first-order valence-electron chi connectivity index (χ1n) is 6.51. The third kappa shape index (κ3) is 1.94. The maximum absolute atomic E-state index is 12.2. The smallest absolute Gasteiger partial charge is 0.326 e. The molecule has 0 spiro atoms. The summed E-state index contributed by atoms with van der Waals surface area (Å²) in [6, 6.07) is 9.43. The molecule has 0 saturated heterocycles. The van der Waals surface area contributed by atoms with Crippen molar-refractivity contribution in [2.24, 2.45) is 0 Å². The van der Waals surface area contributed by atoms with Gasteiger partial charge in [-0.05, 0) is 23.8 Å². The van der Waals surface area contributed by atoms with Crippen LogP contribution in [0.15, 0.2) is 47.5 Å². The van der Waals surface area contributed by atoms with Crippen LogP contribution >= 0.6 is 11.6 Å². The Kier molecular flexibility index (Phi) is 2.62. The Bertz CT molecular complexity index is 1010. The summed E-state index contributed by atoms with van der Waals surface area (Å²) in [7, 11) is 0. The van der Waals surface area contributed by atoms with E-state index < -0.39 is 0 Å². The Morgan fingerprint density at radius 3 is 3.05 bits per heavy atom. The van der Waals surface area contributed by atoms with Crippen molar-refractivity contribution >= 4 is 33.7 Å². The second-order valence-electron chi connectivity index (χ2n) is 4.91. The van der Waals surface area contributed by atoms with Crippen molar-refractivity contribution in [1.82, 2.24) is 19.5 Å². The van der Waals surface area contributed by atoms with Crippen LogP contribution in [0.3, 0.4) is 0 Å². The van der Waals surface area contributed by atoms with Gasteiger partial charge in [-0.1, -0.05) is 23.7 Å². The average Bonchev–Trinajstić information content (AvgIpc) is 3.04. The second-order valence-corrected chi connectivity index (χ2v) is 5.34. The SMILES string of the molecule is O=c1[nH]c2cnc3[nH]ccc3c2n1Cc1cccc(Cl)c1. The van der Waals surface area contributed by atoms with E-state index in [-0.39, 0.29) is 5.69 Å². The maximum atomic E-state index is 12.2. The molecule has 0 aliphatic heterocycles. The van der Waals surface area contributed by atoms with Gasteiger partial charge in [0, 0.05) is 16.6 Å². The first-order chi connectivity index (χ1) is 10.2. The fraction of sp³-hybridized carbons (Fsp3) is 0.0667. The molecule has 21 heavy (non-hydrogen) atoms. The molecule has 0 amide bonds. The van der Waals surface area contributed by atoms with Gasteiger partial charge in [-0.15, -0.1) is 0 Å². The highest BCUT2D eigenvalue weighted by Crippen LogP contribution is 2.21. The Balaban J connectivity index is 1.97. The van der Waals surface area contributed by atoms with Gasteiger partial charge in [0.1, 0.15) is 5.65 Å². The van der Waals surface area contributed by atoms with Gasteiger partial charge in [0.05, 0.1) is 23.8 Å². The topological polar surface area (TPSA) is 66.5 Å². The number of benzene rings is 1. The molecule has 1 aromatic carbocycles. The van der Waals surface area contributed by atoms with E-state index in [9.17, 15) is 4.79 Å². The lowest BCUT2D eigenvalue weighted by Crippen LogP contribution is -2.17. The minimum absolute atomic E-state index is 0.152. The van der Waals surface area contributed by atoms with E-state index in [1.54, 1.807) is 10.8 Å². The quantitative estimate of drug-likeness (QED) is 0.597. The van der Waals surface area contributed by atoms with E-state index in [0.717, 1.165) is 27.6 Å². The lowest BCUT2D eigenvalue weighted by Gasteiger charge is -2.05. The molecule has 4 rings (SSSR count). The number of aromatic amines is 2. The molecule has 0 aliphatic carbocycles. The molecule has 3 aromatic heterocycles. The average molecular weight is 299 g/mol. The lowest BCUT2D eigenvalue weighted by molar-refractivity contribution is 0.789. The number of hydrogen-bond donors (Lipinski definition) is 2. The van der Waals surface area contributed by atoms with E-state index in [1.165, 1.54) is 0 Å². The number of halogens is 1. The van der Waals surface area contributed by atoms with Crippen LogP contribution in [-0.4, -0.2) is 19.5 Å². The Morgan fingerprint density at radius 1 is 1.29 bits per heavy atom. The van der Waals surface area contributed by atoms with E-state index in [4.69, 9.17) is 11.6 Å². The lowest BCUT2D eigenvalue weighted by atomic mass is 10.2. The molecule has 5 nitrogen and oxygen atoms in total. The van der Waals surface area contributed by atoms with Crippen LogP contribution in [-0.2, 0) is 6.54 Å². The first-order valence-corrected chi connectivity index (χ1v) is 6.89. The molecule has 3 heterocycles. The van der Waals surface area contributed by atoms with Gasteiger partial charge in [-0.25, -0.2) is 9.78 Å². The number of rotatable bonds is 2. The summed E-state index contributed by atoms with van der Waals surface area (Å²) in [5.74, 6) is 0. The van der Waals surface area contributed by atoms with E-state index >= 15 is 0 Å². The normalized spacial score (nSPS) is 11.5. The highest BCUT2D eigenvalue weighted by atomic mass is 35.5. The number of nitrogens with zero attached hydrogens (tertiary/aromatic N) is 2. The fourth-order valence-corrected chi connectivity index (χ4v) is 2.84. The molecule has 0 aliphatic rings. The van der Waals surface area contributed by atoms with Crippen LogP contribution in [0.25, 0.3) is 22.1 Å². The number of nitrogens with one attached hydrogen (secondary N) is 2. The number of aromatic nitrogens is 4. The van der Waals surface area contributed by atoms with Gasteiger partial charge in [-0.2, -0.15) is 0 Å². The largest absolute Gasteiger partial charge is 0.346 e. The number of H-pyrrole nitrogens is 2. The maximum Gasteiger partial charge on any atom is 0.326 e. The van der Waals surface area contributed by atoms with Crippen molar-refractivity contribution in [3.05, 3.63) is 63.8 Å². The number of fused-ring (bicyclic) bond motifs is 3. The Morgan fingerprint density at radius 2 is 2.19 bits per heavy atom. The zero-order valence-corrected chi connectivity index (χ0v) is 11.7. The monoisotopic (exact) mass is 298 g/mol. The summed E-state index contributed by atoms with van der Waals surface area (Å²) in [5.41, 5.74) is 3.17. The molecule has 2 N–H and O–H groups in total. The molecular formula is C15H11ClN4O. The summed E-state index contributed by atoms with van der Waals surface area (Å²) in [6.45, 7) is 0.462. The van der Waals surface area contributed by atoms with Crippen LogP contribution in [0, 0.1) is 0 Å². The van der Waals surface area contributed by atoms with Crippen molar-refractivity contribution < 1.29 is 0 Å². The molecule has 104 valence electrons. The molecule has 4 aromatic rings. The summed E-state index contributed by atoms with van der Waals surface area (Å²) in [5, 5.41) is 1.58. The predicted octanol–water partition coefficient (Wildman–Crippen LogP) is 2.91. The first kappa shape index (κ1) is 12.2. The minimum atomic E-state index is -0.152. The van der Waals surface area contributed by atoms with E-state index in [1.807, 2.05) is 36.5 Å². The highest BCUT2D eigenvalue weighted by molar-refractivity contribution is 6.30. The van der Waals surface area contributed by atoms with Gasteiger partial charge in [0.25, 0.3) is 0 Å². The van der Waals surface area contributed by atoms with E-state index in [2.05, 4.69) is 15.0 Å². The van der Waals surface area contributed by atoms with Crippen molar-refractivity contribution in [1.29, 1.82) is 0 Å². The second kappa shape index (κ2) is 4.49. The van der Waals surface area contributed by atoms with Crippen molar-refractivity contribution in [3.63, 3.8) is 0 Å². The number of imidazole rings is 1. The Labute approximate surface area is 124 Å². The Hall–Kier alpha value is -2.53. The van der Waals surface area contributed by atoms with Gasteiger partial charge in [0.2, 0.25) is 0 Å². The molecular weight excluding hydrogens is 288 g/mol. The fourth-order valence-electron chi connectivity index (χ4n) is 2.63. The van der Waals surface area contributed by atoms with Crippen molar-refractivity contribution in [2.45, 2.75) is 6.54 Å². The zero-order chi connectivity index (χ0) is 14.4. The number of pyridine rings is 1. The summed E-state index contributed by atoms with van der Waals surface area (Å²) in [4.78, 5) is 22.4. The third-order valence-corrected chi connectivity index (χ3v) is 3.78. The van der Waals surface area contributed by atoms with E-state index in [0.29, 0.717) is 11.6 Å². The van der Waals surface area contributed by atoms with Gasteiger partial charge in [-0.3, -0.25) is 4.57 Å². The van der Waals surface area contributed by atoms with Crippen LogP contribution in [0.1, 0.15) is 5.56 Å². The van der Waals surface area contributed by atoms with Crippen molar-refractivity contribution in [2.75, 3.05) is 0 Å². The molecule has 0 unspecified atom stereocenters. The van der Waals surface area contributed by atoms with Crippen LogP contribution in [0.2, 0.25) is 5.02 Å². The van der Waals surface area contributed by atoms with Gasteiger partial charge < -0.3 is 9.97 Å². The molecule has 6 heteroatoms. The minimum Gasteiger partial charge on any atom is -0.346 e. The predicted molar refractivity (Wildman–Crippen MR) is 82.8 cm³/mol. The summed E-state index contributed by atoms with van der Waals surface area (Å²) < 4.78 is 1.71. The molecule has 0 bridgehead atoms. The van der Waals surface area contributed by atoms with Gasteiger partial charge in [0.15, 0.2) is 0 Å². The summed E-state index contributed by atoms with van der Waals surface area (Å²) in [6.07, 6.45) is 3.49. The molecule has 0 atom stereocenters. The molecule has 0 fully saturated rings. The third-order valence-electron chi connectivity index (χ3n) is 3.54. The van der Waals surface area contributed by atoms with Crippen LogP contribution < -0.4 is 5.69 Å².